The van der Waals surface area contributed by atoms with E-state index >= 15 is 0 Å². The van der Waals surface area contributed by atoms with E-state index in [1.165, 1.54) is 13.2 Å². The van der Waals surface area contributed by atoms with Gasteiger partial charge in [-0.05, 0) is 42.0 Å². The molecule has 0 aliphatic carbocycles. The monoisotopic (exact) mass is 468 g/mol. The van der Waals surface area contributed by atoms with Crippen molar-refractivity contribution in [3.63, 3.8) is 0 Å². The number of ether oxygens (including phenoxy) is 2. The molecule has 0 fully saturated rings. The van der Waals surface area contributed by atoms with E-state index < -0.39 is 11.3 Å². The standard InChI is InChI=1S/C27H20N2O6/c1-32-23-4-2-3-17-11-20(27(31)35-25(17)23)19-12-24(30)34-26-18(19)5-6-22-21(26)14-29(15-33-22)13-16-7-9-28-10-8-16/h2-12H,13-15H2,1H3. The number of fused-ring (bicyclic) bond motifs is 4. The normalized spacial score (nSPS) is 13.5. The summed E-state index contributed by atoms with van der Waals surface area (Å²) in [6, 6.07) is 15.9. The number of aromatic nitrogens is 1. The molecule has 0 unspecified atom stereocenters. The maximum atomic E-state index is 13.0. The minimum Gasteiger partial charge on any atom is -0.493 e. The largest absolute Gasteiger partial charge is 0.493 e. The van der Waals surface area contributed by atoms with Gasteiger partial charge in [-0.2, -0.15) is 0 Å². The van der Waals surface area contributed by atoms with Crippen LogP contribution in [-0.4, -0.2) is 23.7 Å². The van der Waals surface area contributed by atoms with Crippen LogP contribution in [0.1, 0.15) is 11.1 Å². The molecule has 8 heteroatoms. The molecule has 0 N–H and O–H groups in total. The number of hydrogen-bond acceptors (Lipinski definition) is 8. The first-order valence-electron chi connectivity index (χ1n) is 11.1. The van der Waals surface area contributed by atoms with Crippen molar-refractivity contribution in [2.75, 3.05) is 13.8 Å². The van der Waals surface area contributed by atoms with Crippen LogP contribution in [0.25, 0.3) is 33.1 Å². The van der Waals surface area contributed by atoms with Crippen molar-refractivity contribution in [1.29, 1.82) is 0 Å². The number of pyridine rings is 1. The Labute approximate surface area is 199 Å². The van der Waals surface area contributed by atoms with Crippen LogP contribution in [-0.2, 0) is 13.1 Å². The first-order chi connectivity index (χ1) is 17.1. The van der Waals surface area contributed by atoms with Crippen molar-refractivity contribution < 1.29 is 18.3 Å². The molecule has 0 saturated carbocycles. The summed E-state index contributed by atoms with van der Waals surface area (Å²) >= 11 is 0. The van der Waals surface area contributed by atoms with Crippen LogP contribution in [0.15, 0.2) is 85.4 Å². The van der Waals surface area contributed by atoms with Gasteiger partial charge in [0.15, 0.2) is 11.3 Å². The third-order valence-electron chi connectivity index (χ3n) is 6.15. The topological polar surface area (TPSA) is 95.0 Å². The van der Waals surface area contributed by atoms with Crippen LogP contribution in [0.5, 0.6) is 11.5 Å². The molecule has 6 rings (SSSR count). The molecule has 35 heavy (non-hydrogen) atoms. The van der Waals surface area contributed by atoms with E-state index in [2.05, 4.69) is 9.88 Å². The van der Waals surface area contributed by atoms with E-state index in [0.717, 1.165) is 11.1 Å². The molecule has 0 saturated heterocycles. The Morgan fingerprint density at radius 2 is 1.83 bits per heavy atom. The highest BCUT2D eigenvalue weighted by Crippen LogP contribution is 2.36. The summed E-state index contributed by atoms with van der Waals surface area (Å²) in [5, 5.41) is 1.32. The zero-order valence-corrected chi connectivity index (χ0v) is 18.8. The molecule has 0 bridgehead atoms. The van der Waals surface area contributed by atoms with Crippen molar-refractivity contribution in [3.8, 4) is 22.6 Å². The highest BCUT2D eigenvalue weighted by molar-refractivity contribution is 5.97. The van der Waals surface area contributed by atoms with Gasteiger partial charge in [0.25, 0.3) is 0 Å². The number of nitrogens with zero attached hydrogens (tertiary/aromatic N) is 2. The van der Waals surface area contributed by atoms with E-state index in [-0.39, 0.29) is 5.56 Å². The Morgan fingerprint density at radius 1 is 0.971 bits per heavy atom. The predicted octanol–water partition coefficient (Wildman–Crippen LogP) is 4.32. The molecule has 174 valence electrons. The number of benzene rings is 2. The van der Waals surface area contributed by atoms with E-state index in [1.807, 2.05) is 30.3 Å². The number of rotatable bonds is 4. The summed E-state index contributed by atoms with van der Waals surface area (Å²) in [6.45, 7) is 1.57. The average molecular weight is 468 g/mol. The van der Waals surface area contributed by atoms with Crippen LogP contribution in [0.3, 0.4) is 0 Å². The highest BCUT2D eigenvalue weighted by atomic mass is 16.5. The fourth-order valence-electron chi connectivity index (χ4n) is 4.52. The minimum absolute atomic E-state index is 0.272. The molecule has 0 atom stereocenters. The Morgan fingerprint density at radius 3 is 2.66 bits per heavy atom. The Balaban J connectivity index is 1.49. The van der Waals surface area contributed by atoms with Crippen molar-refractivity contribution >= 4 is 21.9 Å². The summed E-state index contributed by atoms with van der Waals surface area (Å²) in [7, 11) is 1.52. The summed E-state index contributed by atoms with van der Waals surface area (Å²) in [6.07, 6.45) is 3.50. The molecule has 4 heterocycles. The van der Waals surface area contributed by atoms with Gasteiger partial charge in [-0.25, -0.2) is 9.59 Å². The first kappa shape index (κ1) is 21.1. The molecule has 1 aliphatic rings. The van der Waals surface area contributed by atoms with Gasteiger partial charge in [-0.15, -0.1) is 0 Å². The summed E-state index contributed by atoms with van der Waals surface area (Å²) < 4.78 is 22.5. The Hall–Kier alpha value is -4.43. The molecule has 3 aromatic heterocycles. The van der Waals surface area contributed by atoms with Crippen LogP contribution in [0, 0.1) is 0 Å². The lowest BCUT2D eigenvalue weighted by molar-refractivity contribution is 0.0889. The molecule has 2 aromatic carbocycles. The predicted molar refractivity (Wildman–Crippen MR) is 129 cm³/mol. The fraction of sp³-hybridized carbons (Fsp3) is 0.148. The number of para-hydroxylation sites is 1. The highest BCUT2D eigenvalue weighted by Gasteiger charge is 2.24. The SMILES string of the molecule is COc1cccc2cc(-c3cc(=O)oc4c5c(ccc34)OCN(Cc3ccncc3)C5)c(=O)oc12. The second kappa shape index (κ2) is 8.41. The zero-order valence-electron chi connectivity index (χ0n) is 18.8. The van der Waals surface area contributed by atoms with Gasteiger partial charge >= 0.3 is 11.3 Å². The third kappa shape index (κ3) is 3.74. The lowest BCUT2D eigenvalue weighted by atomic mass is 9.99. The molecule has 0 amide bonds. The quantitative estimate of drug-likeness (QED) is 0.360. The van der Waals surface area contributed by atoms with Gasteiger partial charge < -0.3 is 18.3 Å². The summed E-state index contributed by atoms with van der Waals surface area (Å²) in [5.41, 5.74) is 2.20. The smallest absolute Gasteiger partial charge is 0.344 e. The van der Waals surface area contributed by atoms with Gasteiger partial charge in [-0.3, -0.25) is 9.88 Å². The average Bonchev–Trinajstić information content (AvgIpc) is 2.88. The van der Waals surface area contributed by atoms with Crippen LogP contribution in [0.4, 0.5) is 0 Å². The van der Waals surface area contributed by atoms with E-state index in [1.54, 1.807) is 30.6 Å². The Kier molecular flexibility index (Phi) is 5.08. The van der Waals surface area contributed by atoms with Crippen LogP contribution < -0.4 is 20.7 Å². The second-order valence-electron chi connectivity index (χ2n) is 8.34. The lowest BCUT2D eigenvalue weighted by Crippen LogP contribution is -2.31. The Bertz CT molecular complexity index is 1690. The minimum atomic E-state index is -0.567. The molecule has 8 nitrogen and oxygen atoms in total. The molecular weight excluding hydrogens is 448 g/mol. The van der Waals surface area contributed by atoms with Gasteiger partial charge in [-0.1, -0.05) is 12.1 Å². The van der Waals surface area contributed by atoms with Crippen LogP contribution >= 0.6 is 0 Å². The summed E-state index contributed by atoms with van der Waals surface area (Å²) in [5.74, 6) is 1.11. The molecule has 5 aromatic rings. The fourth-order valence-corrected chi connectivity index (χ4v) is 4.52. The van der Waals surface area contributed by atoms with Crippen LogP contribution in [0.2, 0.25) is 0 Å². The van der Waals surface area contributed by atoms with Gasteiger partial charge in [0.1, 0.15) is 18.1 Å². The van der Waals surface area contributed by atoms with Gasteiger partial charge in [0.2, 0.25) is 0 Å². The molecule has 0 spiro atoms. The van der Waals surface area contributed by atoms with Crippen molar-refractivity contribution in [1.82, 2.24) is 9.88 Å². The van der Waals surface area contributed by atoms with E-state index in [0.29, 0.717) is 58.8 Å². The second-order valence-corrected chi connectivity index (χ2v) is 8.34. The number of methoxy groups -OCH3 is 1. The third-order valence-corrected chi connectivity index (χ3v) is 6.15. The lowest BCUT2D eigenvalue weighted by Gasteiger charge is -2.29. The maximum Gasteiger partial charge on any atom is 0.344 e. The maximum absolute atomic E-state index is 13.0. The van der Waals surface area contributed by atoms with Crippen molar-refractivity contribution in [2.45, 2.75) is 13.1 Å². The van der Waals surface area contributed by atoms with E-state index in [9.17, 15) is 9.59 Å². The van der Waals surface area contributed by atoms with Gasteiger partial charge in [0, 0.05) is 47.9 Å². The zero-order chi connectivity index (χ0) is 23.9. The van der Waals surface area contributed by atoms with Crippen molar-refractivity contribution in [2.24, 2.45) is 0 Å². The van der Waals surface area contributed by atoms with E-state index in [4.69, 9.17) is 18.3 Å². The van der Waals surface area contributed by atoms with Crippen molar-refractivity contribution in [3.05, 3.63) is 99.0 Å². The first-order valence-corrected chi connectivity index (χ1v) is 11.1. The van der Waals surface area contributed by atoms with Gasteiger partial charge in [0.05, 0.1) is 18.2 Å². The summed E-state index contributed by atoms with van der Waals surface area (Å²) in [4.78, 5) is 31.8. The molecule has 0 radical (unpaired) electrons. The number of hydrogen-bond donors (Lipinski definition) is 0. The molecule has 1 aliphatic heterocycles. The molecular formula is C27H20N2O6.